The van der Waals surface area contributed by atoms with Gasteiger partial charge in [-0.25, -0.2) is 0 Å². The molecule has 2 atom stereocenters. The highest BCUT2D eigenvalue weighted by Gasteiger charge is 2.43. The molecular formula is C34H47N5O4S. The van der Waals surface area contributed by atoms with Crippen LogP contribution >= 0.6 is 11.8 Å². The summed E-state index contributed by atoms with van der Waals surface area (Å²) in [5.41, 5.74) is 3.05. The number of thioether (sulfide) groups is 1. The zero-order valence-corrected chi connectivity index (χ0v) is 27.4. The van der Waals surface area contributed by atoms with Crippen LogP contribution in [0.1, 0.15) is 57.4 Å². The lowest BCUT2D eigenvalue weighted by Gasteiger charge is -2.37. The number of anilines is 2. The second-order valence-corrected chi connectivity index (χ2v) is 14.5. The van der Waals surface area contributed by atoms with Crippen LogP contribution in [0.3, 0.4) is 0 Å². The van der Waals surface area contributed by atoms with Gasteiger partial charge < -0.3 is 29.7 Å². The number of nitrogens with zero attached hydrogens (tertiary/aromatic N) is 4. The Morgan fingerprint density at radius 1 is 0.977 bits per heavy atom. The lowest BCUT2D eigenvalue weighted by atomic mass is 9.92. The highest BCUT2D eigenvalue weighted by atomic mass is 32.2. The number of hydrogen-bond acceptors (Lipinski definition) is 7. The van der Waals surface area contributed by atoms with Crippen LogP contribution in [-0.2, 0) is 14.4 Å². The van der Waals surface area contributed by atoms with Gasteiger partial charge in [0, 0.05) is 63.4 Å². The van der Waals surface area contributed by atoms with E-state index >= 15 is 0 Å². The Labute approximate surface area is 266 Å². The maximum Gasteiger partial charge on any atom is 0.237 e. The molecule has 2 fully saturated rings. The lowest BCUT2D eigenvalue weighted by Crippen LogP contribution is -2.45. The third-order valence-electron chi connectivity index (χ3n) is 8.61. The Hall–Kier alpha value is -3.24. The molecule has 5 rings (SSSR count). The predicted molar refractivity (Wildman–Crippen MR) is 177 cm³/mol. The molecule has 2 unspecified atom stereocenters. The first-order valence-corrected chi connectivity index (χ1v) is 16.8. The van der Waals surface area contributed by atoms with Crippen LogP contribution in [0, 0.1) is 5.41 Å². The van der Waals surface area contributed by atoms with E-state index in [2.05, 4.69) is 67.2 Å². The van der Waals surface area contributed by atoms with Crippen LogP contribution < -0.4 is 15.0 Å². The van der Waals surface area contributed by atoms with Crippen LogP contribution in [0.2, 0.25) is 0 Å². The molecule has 1 N–H and O–H groups in total. The van der Waals surface area contributed by atoms with E-state index < -0.39 is 5.25 Å². The van der Waals surface area contributed by atoms with E-state index in [1.165, 1.54) is 5.69 Å². The summed E-state index contributed by atoms with van der Waals surface area (Å²) in [5.74, 6) is 0.450. The quantitative estimate of drug-likeness (QED) is 0.494. The van der Waals surface area contributed by atoms with E-state index in [9.17, 15) is 14.4 Å². The van der Waals surface area contributed by atoms with Crippen molar-refractivity contribution in [2.75, 3.05) is 69.7 Å². The first-order valence-electron chi connectivity index (χ1n) is 15.9. The number of ether oxygens (including phenoxy) is 1. The van der Waals surface area contributed by atoms with E-state index in [1.807, 2.05) is 29.2 Å². The Kier molecular flexibility index (Phi) is 10.4. The van der Waals surface area contributed by atoms with Crippen LogP contribution in [0.5, 0.6) is 5.75 Å². The summed E-state index contributed by atoms with van der Waals surface area (Å²) in [6.07, 6.45) is 1.86. The minimum Gasteiger partial charge on any atom is -0.490 e. The summed E-state index contributed by atoms with van der Waals surface area (Å²) in [6, 6.07) is 15.8. The highest BCUT2D eigenvalue weighted by Crippen LogP contribution is 2.47. The van der Waals surface area contributed by atoms with E-state index in [0.717, 1.165) is 38.2 Å². The van der Waals surface area contributed by atoms with Crippen LogP contribution in [0.4, 0.5) is 11.4 Å². The Balaban J connectivity index is 1.33. The minimum atomic E-state index is -0.462. The predicted octanol–water partition coefficient (Wildman–Crippen LogP) is 4.85. The highest BCUT2D eigenvalue weighted by molar-refractivity contribution is 8.01. The number of fused-ring (bicyclic) bond motifs is 1. The fraction of sp³-hybridized carbons (Fsp3) is 0.559. The van der Waals surface area contributed by atoms with Crippen molar-refractivity contribution in [3.05, 3.63) is 54.1 Å². The number of para-hydroxylation sites is 3. The smallest absolute Gasteiger partial charge is 0.237 e. The number of carbonyl (C=O) groups is 3. The van der Waals surface area contributed by atoms with E-state index in [-0.39, 0.29) is 34.9 Å². The number of hydrogen-bond donors (Lipinski definition) is 1. The van der Waals surface area contributed by atoms with Gasteiger partial charge in [0.15, 0.2) is 0 Å². The fourth-order valence-electron chi connectivity index (χ4n) is 5.93. The summed E-state index contributed by atoms with van der Waals surface area (Å²) in [4.78, 5) is 48.9. The molecule has 2 aromatic rings. The molecule has 44 heavy (non-hydrogen) atoms. The molecule has 10 heteroatoms. The van der Waals surface area contributed by atoms with Gasteiger partial charge in [0.1, 0.15) is 17.7 Å². The van der Waals surface area contributed by atoms with Gasteiger partial charge in [0.05, 0.1) is 17.5 Å². The Bertz CT molecular complexity index is 1320. The van der Waals surface area contributed by atoms with E-state index in [1.54, 1.807) is 16.7 Å². The van der Waals surface area contributed by atoms with Crippen LogP contribution in [-0.4, -0.2) is 97.1 Å². The van der Waals surface area contributed by atoms with Crippen molar-refractivity contribution in [1.82, 2.24) is 14.7 Å². The van der Waals surface area contributed by atoms with Crippen molar-refractivity contribution in [2.24, 2.45) is 5.41 Å². The van der Waals surface area contributed by atoms with Crippen LogP contribution in [0.25, 0.3) is 0 Å². The molecule has 0 aliphatic carbocycles. The summed E-state index contributed by atoms with van der Waals surface area (Å²) in [6.45, 7) is 12.3. The maximum atomic E-state index is 14.0. The fourth-order valence-corrected chi connectivity index (χ4v) is 7.44. The Morgan fingerprint density at radius 2 is 1.70 bits per heavy atom. The molecule has 3 aliphatic heterocycles. The first-order chi connectivity index (χ1) is 21.1. The molecule has 2 aromatic carbocycles. The average Bonchev–Trinajstić information content (AvgIpc) is 3.28. The van der Waals surface area contributed by atoms with Gasteiger partial charge in [0.25, 0.3) is 0 Å². The molecular weight excluding hydrogens is 574 g/mol. The van der Waals surface area contributed by atoms with Gasteiger partial charge in [-0.3, -0.25) is 14.4 Å². The van der Waals surface area contributed by atoms with Crippen molar-refractivity contribution in [1.29, 1.82) is 0 Å². The van der Waals surface area contributed by atoms with Gasteiger partial charge in [0.2, 0.25) is 17.7 Å². The zero-order valence-electron chi connectivity index (χ0n) is 26.6. The van der Waals surface area contributed by atoms with Crippen molar-refractivity contribution in [3.63, 3.8) is 0 Å². The van der Waals surface area contributed by atoms with E-state index in [4.69, 9.17) is 4.74 Å². The lowest BCUT2D eigenvalue weighted by molar-refractivity contribution is -0.136. The number of rotatable bonds is 6. The summed E-state index contributed by atoms with van der Waals surface area (Å²) < 4.78 is 5.98. The largest absolute Gasteiger partial charge is 0.490 e. The second kappa shape index (κ2) is 14.2. The molecule has 0 spiro atoms. The monoisotopic (exact) mass is 621 g/mol. The molecule has 3 heterocycles. The number of likely N-dealkylation sites (N-methyl/N-ethyl adjacent to an activating group) is 1. The van der Waals surface area contributed by atoms with Crippen molar-refractivity contribution >= 4 is 40.9 Å². The van der Waals surface area contributed by atoms with Crippen molar-refractivity contribution < 1.29 is 19.1 Å². The molecule has 0 saturated carbocycles. The molecule has 0 radical (unpaired) electrons. The molecule has 9 nitrogen and oxygen atoms in total. The zero-order chi connectivity index (χ0) is 31.3. The normalized spacial score (nSPS) is 22.2. The number of carbonyl (C=O) groups excluding carboxylic acids is 3. The maximum absolute atomic E-state index is 14.0. The minimum absolute atomic E-state index is 0.0354. The van der Waals surface area contributed by atoms with Crippen molar-refractivity contribution in [2.45, 2.75) is 57.1 Å². The molecule has 3 amide bonds. The summed E-state index contributed by atoms with van der Waals surface area (Å²) >= 11 is 1.61. The SMILES string of the molecule is CN1CCN(c2ccccc2C2SC(CC(=O)N3CCCC(=O)Nc4ccccc4OCC3)C(=O)N2CCC(C)(C)C)CC1. The third kappa shape index (κ3) is 8.07. The molecule has 0 aromatic heterocycles. The first kappa shape index (κ1) is 32.2. The van der Waals surface area contributed by atoms with Gasteiger partial charge in [-0.15, -0.1) is 11.8 Å². The van der Waals surface area contributed by atoms with Crippen molar-refractivity contribution in [3.8, 4) is 5.75 Å². The molecule has 2 saturated heterocycles. The number of benzene rings is 2. The summed E-state index contributed by atoms with van der Waals surface area (Å²) in [5, 5.41) is 2.31. The van der Waals surface area contributed by atoms with Gasteiger partial charge in [-0.2, -0.15) is 0 Å². The second-order valence-electron chi connectivity index (χ2n) is 13.2. The molecule has 238 valence electrons. The third-order valence-corrected chi connectivity index (χ3v) is 10.1. The number of piperazine rings is 1. The van der Waals surface area contributed by atoms with Gasteiger partial charge >= 0.3 is 0 Å². The molecule has 0 bridgehead atoms. The van der Waals surface area contributed by atoms with Crippen LogP contribution in [0.15, 0.2) is 48.5 Å². The van der Waals surface area contributed by atoms with Gasteiger partial charge in [-0.05, 0) is 43.5 Å². The summed E-state index contributed by atoms with van der Waals surface area (Å²) in [7, 11) is 2.15. The average molecular weight is 622 g/mol. The van der Waals surface area contributed by atoms with Gasteiger partial charge in [-0.1, -0.05) is 51.1 Å². The number of nitrogens with one attached hydrogen (secondary N) is 1. The van der Waals surface area contributed by atoms with E-state index in [0.29, 0.717) is 50.5 Å². The number of amides is 3. The standard InChI is InChI=1S/C34H47N5O4S/c1-34(2,3)15-17-39-32(42)29(44-33(39)25-10-5-7-12-27(25)37-20-18-36(4)19-21-37)24-31(41)38-16-9-14-30(40)35-26-11-6-8-13-28(26)43-23-22-38/h5-8,10-13,29,33H,9,14-24H2,1-4H3,(H,35,40). The topological polar surface area (TPSA) is 85.4 Å². The Morgan fingerprint density at radius 3 is 2.48 bits per heavy atom. The molecule has 3 aliphatic rings.